The van der Waals surface area contributed by atoms with Gasteiger partial charge in [0, 0.05) is 32.0 Å². The standard InChI is InChI=1S/C16H14ClF3N2O4.C14H21NOS/c1-8(2)26-14(24)10-6-9(4-5-11(10)17)22-13(23)7-12(16(18,19)20)21(3)15(22)25;1-3-10-15(11-4-2)14(16)17-12-13-8-6-5-7-9-13/h4-8H,1-3H3;5-9H,3-4,10-12H2,1-2H3. The maximum Gasteiger partial charge on any atom is 0.431 e. The molecule has 2 aromatic carbocycles. The van der Waals surface area contributed by atoms with Crippen LogP contribution in [-0.4, -0.2) is 44.4 Å². The molecule has 0 aliphatic heterocycles. The van der Waals surface area contributed by atoms with Crippen molar-refractivity contribution in [1.29, 1.82) is 0 Å². The van der Waals surface area contributed by atoms with Gasteiger partial charge >= 0.3 is 17.8 Å². The topological polar surface area (TPSA) is 90.6 Å². The van der Waals surface area contributed by atoms with Crippen LogP contribution in [0.5, 0.6) is 0 Å². The van der Waals surface area contributed by atoms with E-state index >= 15 is 0 Å². The third-order valence-electron chi connectivity index (χ3n) is 5.83. The summed E-state index contributed by atoms with van der Waals surface area (Å²) in [4.78, 5) is 50.4. The van der Waals surface area contributed by atoms with Gasteiger partial charge in [-0.15, -0.1) is 0 Å². The molecule has 0 spiro atoms. The van der Waals surface area contributed by atoms with Crippen LogP contribution >= 0.6 is 23.4 Å². The summed E-state index contributed by atoms with van der Waals surface area (Å²) >= 11 is 7.34. The minimum atomic E-state index is -4.86. The lowest BCUT2D eigenvalue weighted by Crippen LogP contribution is -2.40. The Morgan fingerprint density at radius 1 is 1.00 bits per heavy atom. The van der Waals surface area contributed by atoms with E-state index in [-0.39, 0.29) is 21.5 Å². The highest BCUT2D eigenvalue weighted by Gasteiger charge is 2.35. The van der Waals surface area contributed by atoms with Crippen molar-refractivity contribution in [1.82, 2.24) is 14.0 Å². The average molecular weight is 642 g/mol. The van der Waals surface area contributed by atoms with E-state index in [9.17, 15) is 32.3 Å². The molecule has 0 unspecified atom stereocenters. The second-order valence-electron chi connectivity index (χ2n) is 9.69. The number of halogens is 4. The number of carbonyl (C=O) groups excluding carboxylic acids is 2. The summed E-state index contributed by atoms with van der Waals surface area (Å²) in [5, 5.41) is 0.216. The summed E-state index contributed by atoms with van der Waals surface area (Å²) in [7, 11) is 0.894. The number of esters is 1. The molecular weight excluding hydrogens is 607 g/mol. The number of thioether (sulfide) groups is 1. The molecule has 234 valence electrons. The quantitative estimate of drug-likeness (QED) is 0.235. The highest BCUT2D eigenvalue weighted by atomic mass is 35.5. The maximum atomic E-state index is 12.9. The fourth-order valence-corrected chi connectivity index (χ4v) is 4.91. The van der Waals surface area contributed by atoms with Gasteiger partial charge in [-0.2, -0.15) is 13.2 Å². The van der Waals surface area contributed by atoms with Gasteiger partial charge in [-0.1, -0.05) is 67.5 Å². The number of hydrogen-bond acceptors (Lipinski definition) is 6. The lowest BCUT2D eigenvalue weighted by Gasteiger charge is -2.20. The Balaban J connectivity index is 0.000000329. The van der Waals surface area contributed by atoms with E-state index in [1.54, 1.807) is 13.8 Å². The summed E-state index contributed by atoms with van der Waals surface area (Å²) in [6.07, 6.45) is -3.25. The van der Waals surface area contributed by atoms with E-state index in [1.807, 2.05) is 23.1 Å². The van der Waals surface area contributed by atoms with Gasteiger partial charge in [0.25, 0.3) is 10.8 Å². The molecule has 0 bridgehead atoms. The molecule has 1 heterocycles. The largest absolute Gasteiger partial charge is 0.459 e. The summed E-state index contributed by atoms with van der Waals surface area (Å²) in [6, 6.07) is 14.0. The first-order valence-electron chi connectivity index (χ1n) is 13.6. The molecule has 43 heavy (non-hydrogen) atoms. The van der Waals surface area contributed by atoms with Crippen LogP contribution in [0.25, 0.3) is 5.69 Å². The number of nitrogens with zero attached hydrogens (tertiary/aromatic N) is 3. The van der Waals surface area contributed by atoms with E-state index in [2.05, 4.69) is 26.0 Å². The first kappa shape index (κ1) is 35.7. The Morgan fingerprint density at radius 2 is 1.60 bits per heavy atom. The lowest BCUT2D eigenvalue weighted by atomic mass is 10.2. The van der Waals surface area contributed by atoms with Crippen LogP contribution in [0.15, 0.2) is 64.2 Å². The van der Waals surface area contributed by atoms with Crippen molar-refractivity contribution in [3.63, 3.8) is 0 Å². The zero-order valence-corrected chi connectivity index (χ0v) is 26.2. The second-order valence-corrected chi connectivity index (χ2v) is 11.0. The molecule has 0 aliphatic carbocycles. The summed E-state index contributed by atoms with van der Waals surface area (Å²) in [5.41, 5.74) is -2.80. The third-order valence-corrected chi connectivity index (χ3v) is 7.14. The molecule has 3 rings (SSSR count). The molecule has 0 atom stereocenters. The predicted molar refractivity (Wildman–Crippen MR) is 163 cm³/mol. The highest BCUT2D eigenvalue weighted by molar-refractivity contribution is 8.12. The van der Waals surface area contributed by atoms with Crippen molar-refractivity contribution < 1.29 is 27.5 Å². The number of alkyl halides is 3. The van der Waals surface area contributed by atoms with E-state index < -0.39 is 35.2 Å². The highest BCUT2D eigenvalue weighted by Crippen LogP contribution is 2.27. The Hall–Kier alpha value is -3.51. The number of carbonyl (C=O) groups is 2. The van der Waals surface area contributed by atoms with Gasteiger partial charge in [-0.25, -0.2) is 14.2 Å². The number of rotatable bonds is 9. The number of benzene rings is 2. The monoisotopic (exact) mass is 641 g/mol. The van der Waals surface area contributed by atoms with Crippen LogP contribution in [0.3, 0.4) is 0 Å². The van der Waals surface area contributed by atoms with E-state index in [0.29, 0.717) is 15.2 Å². The Kier molecular flexibility index (Phi) is 13.6. The van der Waals surface area contributed by atoms with Crippen molar-refractivity contribution in [3.8, 4) is 5.69 Å². The number of amides is 1. The SMILES string of the molecule is CC(C)OC(=O)c1cc(-n2c(=O)cc(C(F)(F)F)n(C)c2=O)ccc1Cl.CCCN(CCC)C(=O)SCc1ccccc1. The molecule has 0 saturated heterocycles. The van der Waals surface area contributed by atoms with Crippen LogP contribution in [0, 0.1) is 0 Å². The predicted octanol–water partition coefficient (Wildman–Crippen LogP) is 6.94. The summed E-state index contributed by atoms with van der Waals surface area (Å²) < 4.78 is 44.5. The number of aromatic nitrogens is 2. The molecule has 1 aromatic heterocycles. The van der Waals surface area contributed by atoms with Gasteiger partial charge < -0.3 is 9.64 Å². The van der Waals surface area contributed by atoms with Gasteiger partial charge in [-0.05, 0) is 50.5 Å². The van der Waals surface area contributed by atoms with Gasteiger partial charge in [0.2, 0.25) is 0 Å². The molecule has 3 aromatic rings. The second kappa shape index (κ2) is 16.4. The van der Waals surface area contributed by atoms with Crippen LogP contribution in [0.2, 0.25) is 5.02 Å². The van der Waals surface area contributed by atoms with Crippen molar-refractivity contribution in [2.75, 3.05) is 13.1 Å². The zero-order valence-electron chi connectivity index (χ0n) is 24.6. The van der Waals surface area contributed by atoms with Gasteiger partial charge in [0.15, 0.2) is 0 Å². The summed E-state index contributed by atoms with van der Waals surface area (Å²) in [6.45, 7) is 9.19. The molecular formula is C30H35ClF3N3O5S. The van der Waals surface area contributed by atoms with E-state index in [0.717, 1.165) is 44.8 Å². The minimum absolute atomic E-state index is 0.0104. The molecule has 0 saturated carbocycles. The number of hydrogen-bond donors (Lipinski definition) is 0. The fourth-order valence-electron chi connectivity index (χ4n) is 3.87. The van der Waals surface area contributed by atoms with Crippen molar-refractivity contribution >= 4 is 34.6 Å². The number of ether oxygens (including phenoxy) is 1. The lowest BCUT2D eigenvalue weighted by molar-refractivity contribution is -0.144. The molecule has 1 amide bonds. The van der Waals surface area contributed by atoms with Crippen LogP contribution in [0.4, 0.5) is 18.0 Å². The van der Waals surface area contributed by atoms with Crippen molar-refractivity contribution in [2.24, 2.45) is 7.05 Å². The minimum Gasteiger partial charge on any atom is -0.459 e. The molecule has 8 nitrogen and oxygen atoms in total. The molecule has 0 N–H and O–H groups in total. The van der Waals surface area contributed by atoms with E-state index in [1.165, 1.54) is 29.5 Å². The normalized spacial score (nSPS) is 11.1. The van der Waals surface area contributed by atoms with Gasteiger partial charge in [0.05, 0.1) is 22.4 Å². The smallest absolute Gasteiger partial charge is 0.431 e. The fraction of sp³-hybridized carbons (Fsp3) is 0.400. The van der Waals surface area contributed by atoms with Crippen molar-refractivity contribution in [3.05, 3.63) is 97.3 Å². The Morgan fingerprint density at radius 3 is 2.14 bits per heavy atom. The first-order valence-corrected chi connectivity index (χ1v) is 14.9. The summed E-state index contributed by atoms with van der Waals surface area (Å²) in [5.74, 6) is -0.0208. The molecule has 0 fully saturated rings. The Bertz CT molecular complexity index is 1500. The Labute approximate surface area is 257 Å². The average Bonchev–Trinajstić information content (AvgIpc) is 2.94. The third kappa shape index (κ3) is 10.3. The zero-order chi connectivity index (χ0) is 32.3. The van der Waals surface area contributed by atoms with Gasteiger partial charge in [0.1, 0.15) is 5.69 Å². The molecule has 13 heteroatoms. The van der Waals surface area contributed by atoms with E-state index in [4.69, 9.17) is 16.3 Å². The molecule has 0 radical (unpaired) electrons. The van der Waals surface area contributed by atoms with Gasteiger partial charge in [-0.3, -0.25) is 14.2 Å². The van der Waals surface area contributed by atoms with Crippen LogP contribution in [-0.2, 0) is 23.7 Å². The van der Waals surface area contributed by atoms with Crippen LogP contribution in [0.1, 0.15) is 62.2 Å². The van der Waals surface area contributed by atoms with Crippen LogP contribution < -0.4 is 11.2 Å². The maximum absolute atomic E-state index is 12.9. The first-order chi connectivity index (χ1) is 20.2. The van der Waals surface area contributed by atoms with Crippen molar-refractivity contribution in [2.45, 2.75) is 58.6 Å². The molecule has 0 aliphatic rings.